The van der Waals surface area contributed by atoms with E-state index in [0.29, 0.717) is 6.42 Å². The summed E-state index contributed by atoms with van der Waals surface area (Å²) < 4.78 is 0. The predicted octanol–water partition coefficient (Wildman–Crippen LogP) is 2.60. The molecule has 6 heteroatoms. The molecule has 0 bridgehead atoms. The zero-order valence-corrected chi connectivity index (χ0v) is 16.1. The van der Waals surface area contributed by atoms with Gasteiger partial charge >= 0.3 is 0 Å². The Morgan fingerprint density at radius 2 is 2.08 bits per heavy atom. The summed E-state index contributed by atoms with van der Waals surface area (Å²) in [5.41, 5.74) is 2.36. The first-order chi connectivity index (χ1) is 12.6. The summed E-state index contributed by atoms with van der Waals surface area (Å²) in [6, 6.07) is 10.4. The second-order valence-electron chi connectivity index (χ2n) is 7.45. The summed E-state index contributed by atoms with van der Waals surface area (Å²) in [5.74, 6) is 0.194. The summed E-state index contributed by atoms with van der Waals surface area (Å²) in [7, 11) is 2.21. The van der Waals surface area contributed by atoms with Gasteiger partial charge in [-0.25, -0.2) is 4.98 Å². The van der Waals surface area contributed by atoms with Gasteiger partial charge in [-0.2, -0.15) is 0 Å². The quantitative estimate of drug-likeness (QED) is 0.902. The highest BCUT2D eigenvalue weighted by Crippen LogP contribution is 2.31. The number of piperazine rings is 1. The van der Waals surface area contributed by atoms with Crippen LogP contribution in [0.2, 0.25) is 0 Å². The first kappa shape index (κ1) is 17.6. The molecule has 4 rings (SSSR count). The average molecular weight is 371 g/mol. The molecule has 1 aromatic carbocycles. The highest BCUT2D eigenvalue weighted by molar-refractivity contribution is 7.09. The zero-order chi connectivity index (χ0) is 18.0. The highest BCUT2D eigenvalue weighted by Gasteiger charge is 2.40. The van der Waals surface area contributed by atoms with Gasteiger partial charge in [0.15, 0.2) is 0 Å². The minimum atomic E-state index is 0.108. The molecule has 0 aliphatic carbocycles. The van der Waals surface area contributed by atoms with Crippen molar-refractivity contribution in [2.75, 3.05) is 33.2 Å². The fraction of sp³-hybridized carbons (Fsp3) is 0.500. The molecule has 1 amide bonds. The minimum Gasteiger partial charge on any atom is -0.356 e. The van der Waals surface area contributed by atoms with Gasteiger partial charge in [0, 0.05) is 49.1 Å². The second kappa shape index (κ2) is 7.47. The van der Waals surface area contributed by atoms with E-state index < -0.39 is 0 Å². The summed E-state index contributed by atoms with van der Waals surface area (Å²) in [5, 5.41) is 6.36. The molecule has 2 aliphatic rings. The smallest absolute Gasteiger partial charge is 0.220 e. The Balaban J connectivity index is 1.45. The van der Waals surface area contributed by atoms with E-state index in [-0.39, 0.29) is 11.4 Å². The molecule has 1 spiro atoms. The molecule has 2 aliphatic heterocycles. The Hall–Kier alpha value is -1.76. The van der Waals surface area contributed by atoms with Crippen molar-refractivity contribution in [2.45, 2.75) is 31.3 Å². The van der Waals surface area contributed by atoms with Crippen molar-refractivity contribution in [3.8, 4) is 11.3 Å². The number of nitrogens with zero attached hydrogens (tertiary/aromatic N) is 3. The molecule has 5 nitrogen and oxygen atoms in total. The molecule has 1 atom stereocenters. The van der Waals surface area contributed by atoms with E-state index in [1.54, 1.807) is 11.3 Å². The van der Waals surface area contributed by atoms with Crippen molar-refractivity contribution >= 4 is 17.2 Å². The average Bonchev–Trinajstić information content (AvgIpc) is 3.04. The Morgan fingerprint density at radius 3 is 2.92 bits per heavy atom. The number of rotatable bonds is 3. The van der Waals surface area contributed by atoms with Crippen molar-refractivity contribution in [1.29, 1.82) is 0 Å². The number of hydrogen-bond acceptors (Lipinski definition) is 5. The number of nitrogens with one attached hydrogen (secondary N) is 1. The van der Waals surface area contributed by atoms with Gasteiger partial charge in [0.25, 0.3) is 0 Å². The van der Waals surface area contributed by atoms with Gasteiger partial charge in [-0.05, 0) is 19.9 Å². The molecule has 1 aromatic heterocycles. The van der Waals surface area contributed by atoms with Crippen molar-refractivity contribution in [3.05, 3.63) is 40.7 Å². The molecule has 1 N–H and O–H groups in total. The Kier molecular flexibility index (Phi) is 5.07. The Morgan fingerprint density at radius 1 is 1.23 bits per heavy atom. The summed E-state index contributed by atoms with van der Waals surface area (Å²) in [6.45, 7) is 4.80. The van der Waals surface area contributed by atoms with Gasteiger partial charge in [0.1, 0.15) is 5.01 Å². The molecule has 26 heavy (non-hydrogen) atoms. The fourth-order valence-corrected chi connectivity index (χ4v) is 4.97. The van der Waals surface area contributed by atoms with Gasteiger partial charge in [-0.15, -0.1) is 11.3 Å². The van der Waals surface area contributed by atoms with Gasteiger partial charge in [0.2, 0.25) is 5.91 Å². The lowest BCUT2D eigenvalue weighted by atomic mass is 9.86. The van der Waals surface area contributed by atoms with Gasteiger partial charge in [-0.3, -0.25) is 14.6 Å². The first-order valence-electron chi connectivity index (χ1n) is 9.35. The maximum absolute atomic E-state index is 11.8. The summed E-state index contributed by atoms with van der Waals surface area (Å²) in [4.78, 5) is 21.6. The van der Waals surface area contributed by atoms with Crippen LogP contribution in [0, 0.1) is 0 Å². The molecular formula is C20H26N4OS. The van der Waals surface area contributed by atoms with Crippen molar-refractivity contribution in [1.82, 2.24) is 20.1 Å². The molecule has 138 valence electrons. The van der Waals surface area contributed by atoms with Crippen LogP contribution >= 0.6 is 11.3 Å². The predicted molar refractivity (Wildman–Crippen MR) is 105 cm³/mol. The largest absolute Gasteiger partial charge is 0.356 e. The Bertz CT molecular complexity index is 762. The second-order valence-corrected chi connectivity index (χ2v) is 8.39. The molecule has 2 saturated heterocycles. The van der Waals surface area contributed by atoms with E-state index >= 15 is 0 Å². The lowest BCUT2D eigenvalue weighted by molar-refractivity contribution is -0.121. The van der Waals surface area contributed by atoms with Crippen LogP contribution in [-0.4, -0.2) is 59.5 Å². The lowest BCUT2D eigenvalue weighted by Crippen LogP contribution is -2.60. The summed E-state index contributed by atoms with van der Waals surface area (Å²) in [6.07, 6.45) is 2.60. The molecule has 3 heterocycles. The number of carbonyl (C=O) groups excluding carboxylic acids is 1. The van der Waals surface area contributed by atoms with E-state index in [4.69, 9.17) is 4.98 Å². The topological polar surface area (TPSA) is 48.5 Å². The van der Waals surface area contributed by atoms with E-state index in [2.05, 4.69) is 51.8 Å². The number of amides is 1. The number of likely N-dealkylation sites (N-methyl/N-ethyl adjacent to an activating group) is 1. The van der Waals surface area contributed by atoms with Crippen molar-refractivity contribution in [2.24, 2.45) is 0 Å². The highest BCUT2D eigenvalue weighted by atomic mass is 32.1. The molecule has 0 radical (unpaired) electrons. The standard InChI is InChI=1S/C20H26N4OS/c1-23-11-12-24(15-20(23)8-7-18(25)21-10-9-20)13-19-22-17(14-26-19)16-5-3-2-4-6-16/h2-6,14H,7-13,15H2,1H3,(H,21,25)/t20-/m0/s1. The number of hydrogen-bond donors (Lipinski definition) is 1. The van der Waals surface area contributed by atoms with E-state index in [0.717, 1.165) is 51.3 Å². The van der Waals surface area contributed by atoms with Crippen LogP contribution in [0.3, 0.4) is 0 Å². The van der Waals surface area contributed by atoms with Crippen molar-refractivity contribution < 1.29 is 4.79 Å². The SMILES string of the molecule is CN1CCN(Cc2nc(-c3ccccc3)cs2)C[C@]12CCNC(=O)CC2. The van der Waals surface area contributed by atoms with Crippen molar-refractivity contribution in [3.63, 3.8) is 0 Å². The molecule has 0 unspecified atom stereocenters. The first-order valence-corrected chi connectivity index (χ1v) is 10.2. The van der Waals surface area contributed by atoms with Gasteiger partial charge in [0.05, 0.1) is 12.2 Å². The van der Waals surface area contributed by atoms with Gasteiger partial charge in [-0.1, -0.05) is 30.3 Å². The van der Waals surface area contributed by atoms with E-state index in [9.17, 15) is 4.79 Å². The van der Waals surface area contributed by atoms with Crippen LogP contribution in [0.15, 0.2) is 35.7 Å². The van der Waals surface area contributed by atoms with Crippen LogP contribution in [-0.2, 0) is 11.3 Å². The maximum Gasteiger partial charge on any atom is 0.220 e. The van der Waals surface area contributed by atoms with E-state index in [1.807, 2.05) is 6.07 Å². The third-order valence-corrected chi connectivity index (χ3v) is 6.62. The molecule has 0 saturated carbocycles. The monoisotopic (exact) mass is 370 g/mol. The van der Waals surface area contributed by atoms with Crippen LogP contribution < -0.4 is 5.32 Å². The minimum absolute atomic E-state index is 0.108. The molecule has 2 fully saturated rings. The third-order valence-electron chi connectivity index (χ3n) is 5.79. The van der Waals surface area contributed by atoms with Crippen LogP contribution in [0.25, 0.3) is 11.3 Å². The zero-order valence-electron chi connectivity index (χ0n) is 15.3. The van der Waals surface area contributed by atoms with E-state index in [1.165, 1.54) is 10.6 Å². The molecular weight excluding hydrogens is 344 g/mol. The normalized spacial score (nSPS) is 25.2. The Labute approximate surface area is 159 Å². The van der Waals surface area contributed by atoms with Gasteiger partial charge < -0.3 is 5.32 Å². The van der Waals surface area contributed by atoms with Crippen LogP contribution in [0.5, 0.6) is 0 Å². The summed E-state index contributed by atoms with van der Waals surface area (Å²) >= 11 is 1.75. The number of aromatic nitrogens is 1. The van der Waals surface area contributed by atoms with Crippen LogP contribution in [0.4, 0.5) is 0 Å². The lowest BCUT2D eigenvalue weighted by Gasteiger charge is -2.49. The third kappa shape index (κ3) is 3.68. The molecule has 2 aromatic rings. The van der Waals surface area contributed by atoms with Crippen LogP contribution in [0.1, 0.15) is 24.3 Å². The maximum atomic E-state index is 11.8. The number of carbonyl (C=O) groups is 1. The number of thiazole rings is 1. The fourth-order valence-electron chi connectivity index (χ4n) is 4.13. The number of benzene rings is 1.